The predicted molar refractivity (Wildman–Crippen MR) is 92.9 cm³/mol. The fraction of sp³-hybridized carbons (Fsp3) is 0.167. The van der Waals surface area contributed by atoms with Gasteiger partial charge in [-0.25, -0.2) is 4.98 Å². The number of pyridine rings is 1. The van der Waals surface area contributed by atoms with Gasteiger partial charge in [0.25, 0.3) is 0 Å². The Hall–Kier alpha value is -2.33. The molecule has 0 radical (unpaired) electrons. The normalized spacial score (nSPS) is 9.77. The van der Waals surface area contributed by atoms with Gasteiger partial charge in [-0.1, -0.05) is 61.8 Å². The van der Waals surface area contributed by atoms with Gasteiger partial charge in [0.2, 0.25) is 5.88 Å². The molecule has 0 aliphatic heterocycles. The van der Waals surface area contributed by atoms with Crippen molar-refractivity contribution in [2.24, 2.45) is 0 Å². The van der Waals surface area contributed by atoms with Crippen molar-refractivity contribution in [3.8, 4) is 5.88 Å². The van der Waals surface area contributed by atoms with Crippen LogP contribution in [0.4, 0.5) is 0 Å². The quantitative estimate of drug-likeness (QED) is 0.752. The number of hydrogen-bond acceptors (Lipinski definition) is 3. The van der Waals surface area contributed by atoms with E-state index in [1.807, 2.05) is 74.5 Å². The second-order valence-electron chi connectivity index (χ2n) is 4.61. The van der Waals surface area contributed by atoms with Crippen molar-refractivity contribution >= 4 is 23.8 Å². The highest BCUT2D eigenvalue weighted by Gasteiger charge is 2.02. The molecule has 3 rings (SSSR count). The van der Waals surface area contributed by atoms with Crippen LogP contribution in [0.15, 0.2) is 60.7 Å². The van der Waals surface area contributed by atoms with E-state index >= 15 is 0 Å². The third-order valence-corrected chi connectivity index (χ3v) is 3.14. The lowest BCUT2D eigenvalue weighted by Gasteiger charge is -2.07. The van der Waals surface area contributed by atoms with E-state index in [0.717, 1.165) is 21.9 Å². The zero-order chi connectivity index (χ0) is 15.8. The highest BCUT2D eigenvalue weighted by atomic mass is 16.5. The largest absolute Gasteiger partial charge is 0.473 e. The van der Waals surface area contributed by atoms with Gasteiger partial charge < -0.3 is 9.76 Å². The van der Waals surface area contributed by atoms with E-state index in [9.17, 15) is 0 Å². The van der Waals surface area contributed by atoms with Crippen molar-refractivity contribution in [3.05, 3.63) is 66.2 Å². The predicted octanol–water partition coefficient (Wildman–Crippen LogP) is 2.81. The van der Waals surface area contributed by atoms with Crippen LogP contribution in [0.2, 0.25) is 0 Å². The monoisotopic (exact) mass is 293 g/mol. The number of aromatic nitrogens is 1. The van der Waals surface area contributed by atoms with Gasteiger partial charge in [0, 0.05) is 6.07 Å². The Labute approximate surface area is 131 Å². The Morgan fingerprint density at radius 2 is 1.77 bits per heavy atom. The van der Waals surface area contributed by atoms with Crippen LogP contribution in [-0.4, -0.2) is 17.5 Å². The SMILES string of the molecule is CC.OBc1ccc2nc(OCc3ccccc3)ccc2c1. The molecule has 0 amide bonds. The van der Waals surface area contributed by atoms with Crippen LogP contribution in [0.25, 0.3) is 10.9 Å². The van der Waals surface area contributed by atoms with E-state index < -0.39 is 0 Å². The third kappa shape index (κ3) is 4.09. The first-order chi connectivity index (χ1) is 10.8. The number of benzene rings is 2. The van der Waals surface area contributed by atoms with E-state index in [2.05, 4.69) is 4.98 Å². The fourth-order valence-electron chi connectivity index (χ4n) is 2.07. The maximum atomic E-state index is 9.12. The molecule has 4 heteroatoms. The van der Waals surface area contributed by atoms with Gasteiger partial charge in [0.05, 0.1) is 5.52 Å². The highest BCUT2D eigenvalue weighted by molar-refractivity contribution is 6.45. The van der Waals surface area contributed by atoms with E-state index in [4.69, 9.17) is 9.76 Å². The van der Waals surface area contributed by atoms with Crippen LogP contribution in [0, 0.1) is 0 Å². The number of hydrogen-bond donors (Lipinski definition) is 1. The molecule has 0 atom stereocenters. The molecule has 0 unspecified atom stereocenters. The molecule has 0 saturated carbocycles. The molecule has 1 heterocycles. The van der Waals surface area contributed by atoms with Gasteiger partial charge in [-0.3, -0.25) is 0 Å². The topological polar surface area (TPSA) is 42.4 Å². The molecule has 3 nitrogen and oxygen atoms in total. The minimum atomic E-state index is 0.0438. The molecule has 0 saturated heterocycles. The number of fused-ring (bicyclic) bond motifs is 1. The molecular weight excluding hydrogens is 273 g/mol. The summed E-state index contributed by atoms with van der Waals surface area (Å²) in [6.07, 6.45) is 0. The van der Waals surface area contributed by atoms with Crippen molar-refractivity contribution in [1.29, 1.82) is 0 Å². The maximum Gasteiger partial charge on any atom is 0.304 e. The number of ether oxygens (including phenoxy) is 1. The summed E-state index contributed by atoms with van der Waals surface area (Å²) in [6.45, 7) is 4.51. The van der Waals surface area contributed by atoms with Crippen LogP contribution < -0.4 is 10.2 Å². The average Bonchev–Trinajstić information content (AvgIpc) is 2.62. The molecule has 0 aliphatic carbocycles. The second kappa shape index (κ2) is 8.20. The first-order valence-corrected chi connectivity index (χ1v) is 7.52. The number of rotatable bonds is 4. The summed E-state index contributed by atoms with van der Waals surface area (Å²) < 4.78 is 5.70. The van der Waals surface area contributed by atoms with E-state index in [1.54, 1.807) is 0 Å². The van der Waals surface area contributed by atoms with Crippen molar-refractivity contribution in [1.82, 2.24) is 4.98 Å². The molecule has 1 N–H and O–H groups in total. The van der Waals surface area contributed by atoms with Gasteiger partial charge in [-0.05, 0) is 23.1 Å². The lowest BCUT2D eigenvalue weighted by atomic mass is 9.88. The summed E-state index contributed by atoms with van der Waals surface area (Å²) in [5.74, 6) is 0.609. The van der Waals surface area contributed by atoms with Crippen LogP contribution in [-0.2, 0) is 6.61 Å². The van der Waals surface area contributed by atoms with Crippen molar-refractivity contribution in [3.63, 3.8) is 0 Å². The van der Waals surface area contributed by atoms with E-state index in [1.165, 1.54) is 0 Å². The molecule has 0 aliphatic rings. The fourth-order valence-corrected chi connectivity index (χ4v) is 2.07. The smallest absolute Gasteiger partial charge is 0.304 e. The Bertz CT molecular complexity index is 717. The van der Waals surface area contributed by atoms with E-state index in [-0.39, 0.29) is 7.48 Å². The van der Waals surface area contributed by atoms with Gasteiger partial charge in [0.15, 0.2) is 0 Å². The Morgan fingerprint density at radius 1 is 1.00 bits per heavy atom. The lowest BCUT2D eigenvalue weighted by molar-refractivity contribution is 0.295. The highest BCUT2D eigenvalue weighted by Crippen LogP contribution is 2.16. The zero-order valence-corrected chi connectivity index (χ0v) is 13.0. The van der Waals surface area contributed by atoms with Crippen molar-refractivity contribution in [2.75, 3.05) is 0 Å². The first kappa shape index (κ1) is 16.1. The summed E-state index contributed by atoms with van der Waals surface area (Å²) in [7, 11) is 0.0438. The molecule has 0 fully saturated rings. The van der Waals surface area contributed by atoms with Crippen molar-refractivity contribution < 1.29 is 9.76 Å². The molecule has 22 heavy (non-hydrogen) atoms. The van der Waals surface area contributed by atoms with Gasteiger partial charge in [-0.15, -0.1) is 0 Å². The Kier molecular flexibility index (Phi) is 5.98. The molecule has 2 aromatic carbocycles. The molecule has 0 spiro atoms. The first-order valence-electron chi connectivity index (χ1n) is 7.52. The molecule has 1 aromatic heterocycles. The standard InChI is InChI=1S/C16H14BNO2.C2H6/c19-17-14-7-8-15-13(10-14)6-9-16(18-15)20-11-12-4-2-1-3-5-12;1-2/h1-10,17,19H,11H2;1-2H3. The number of nitrogens with zero attached hydrogens (tertiary/aromatic N) is 1. The summed E-state index contributed by atoms with van der Waals surface area (Å²) in [5, 5.41) is 10.1. The average molecular weight is 293 g/mol. The van der Waals surface area contributed by atoms with Crippen LogP contribution in [0.5, 0.6) is 5.88 Å². The van der Waals surface area contributed by atoms with Crippen LogP contribution in [0.3, 0.4) is 0 Å². The van der Waals surface area contributed by atoms with Gasteiger partial charge >= 0.3 is 7.48 Å². The van der Waals surface area contributed by atoms with E-state index in [0.29, 0.717) is 12.5 Å². The van der Waals surface area contributed by atoms with Crippen LogP contribution >= 0.6 is 0 Å². The Balaban J connectivity index is 0.000000847. The maximum absolute atomic E-state index is 9.12. The summed E-state index contributed by atoms with van der Waals surface area (Å²) in [4.78, 5) is 4.46. The summed E-state index contributed by atoms with van der Waals surface area (Å²) in [6, 6.07) is 19.5. The zero-order valence-electron chi connectivity index (χ0n) is 13.0. The summed E-state index contributed by atoms with van der Waals surface area (Å²) >= 11 is 0. The third-order valence-electron chi connectivity index (χ3n) is 3.14. The molecular formula is C18H20BNO2. The van der Waals surface area contributed by atoms with Gasteiger partial charge in [-0.2, -0.15) is 0 Å². The van der Waals surface area contributed by atoms with Gasteiger partial charge in [0.1, 0.15) is 6.61 Å². The van der Waals surface area contributed by atoms with Crippen molar-refractivity contribution in [2.45, 2.75) is 20.5 Å². The lowest BCUT2D eigenvalue weighted by Crippen LogP contribution is -2.12. The second-order valence-corrected chi connectivity index (χ2v) is 4.61. The molecule has 3 aromatic rings. The van der Waals surface area contributed by atoms with Crippen LogP contribution in [0.1, 0.15) is 19.4 Å². The molecule has 112 valence electrons. The minimum absolute atomic E-state index is 0.0438. The minimum Gasteiger partial charge on any atom is -0.473 e. The molecule has 0 bridgehead atoms. The summed E-state index contributed by atoms with van der Waals surface area (Å²) in [5.41, 5.74) is 2.87. The Morgan fingerprint density at radius 3 is 2.50 bits per heavy atom.